The van der Waals surface area contributed by atoms with Crippen LogP contribution < -0.4 is 5.32 Å². The van der Waals surface area contributed by atoms with Crippen LogP contribution in [0.1, 0.15) is 35.5 Å². The van der Waals surface area contributed by atoms with Gasteiger partial charge in [0, 0.05) is 40.4 Å². The summed E-state index contributed by atoms with van der Waals surface area (Å²) in [6.45, 7) is 6.22. The number of aryl methyl sites for hydroxylation is 1. The van der Waals surface area contributed by atoms with Gasteiger partial charge < -0.3 is 5.32 Å². The highest BCUT2D eigenvalue weighted by Crippen LogP contribution is 2.25. The van der Waals surface area contributed by atoms with Gasteiger partial charge in [-0.15, -0.1) is 23.1 Å². The second-order valence-corrected chi connectivity index (χ2v) is 10.5. The van der Waals surface area contributed by atoms with Gasteiger partial charge in [0.15, 0.2) is 0 Å². The second kappa shape index (κ2) is 10.4. The SMILES string of the molecule is CCN(CC)S(=O)(=O)c1ccc(C)c(NC(=O)c2ccc(SCc3cscn3)cc2)c1. The molecule has 164 valence electrons. The number of anilines is 1. The van der Waals surface area contributed by atoms with Gasteiger partial charge in [-0.05, 0) is 48.9 Å². The van der Waals surface area contributed by atoms with E-state index in [9.17, 15) is 13.2 Å². The van der Waals surface area contributed by atoms with Gasteiger partial charge in [-0.2, -0.15) is 4.31 Å². The van der Waals surface area contributed by atoms with Crippen LogP contribution in [0.4, 0.5) is 5.69 Å². The molecule has 0 atom stereocenters. The van der Waals surface area contributed by atoms with Crippen molar-refractivity contribution < 1.29 is 13.2 Å². The smallest absolute Gasteiger partial charge is 0.255 e. The normalized spacial score (nSPS) is 11.6. The van der Waals surface area contributed by atoms with E-state index >= 15 is 0 Å². The van der Waals surface area contributed by atoms with Crippen LogP contribution in [0.15, 0.2) is 63.1 Å². The zero-order chi connectivity index (χ0) is 22.4. The van der Waals surface area contributed by atoms with Gasteiger partial charge in [-0.25, -0.2) is 13.4 Å². The summed E-state index contributed by atoms with van der Waals surface area (Å²) in [5, 5.41) is 4.87. The van der Waals surface area contributed by atoms with Crippen molar-refractivity contribution in [3.63, 3.8) is 0 Å². The van der Waals surface area contributed by atoms with Crippen molar-refractivity contribution >= 4 is 44.7 Å². The minimum Gasteiger partial charge on any atom is -0.322 e. The van der Waals surface area contributed by atoms with Crippen molar-refractivity contribution in [2.75, 3.05) is 18.4 Å². The van der Waals surface area contributed by atoms with E-state index in [0.717, 1.165) is 21.9 Å². The predicted molar refractivity (Wildman–Crippen MR) is 127 cm³/mol. The van der Waals surface area contributed by atoms with Gasteiger partial charge in [0.2, 0.25) is 10.0 Å². The van der Waals surface area contributed by atoms with E-state index in [0.29, 0.717) is 24.3 Å². The first-order chi connectivity index (χ1) is 14.8. The summed E-state index contributed by atoms with van der Waals surface area (Å²) in [5.74, 6) is 0.499. The average molecular weight is 476 g/mol. The zero-order valence-corrected chi connectivity index (χ0v) is 20.1. The molecule has 9 heteroatoms. The lowest BCUT2D eigenvalue weighted by atomic mass is 10.1. The maximum atomic E-state index is 12.8. The Kier molecular flexibility index (Phi) is 7.88. The summed E-state index contributed by atoms with van der Waals surface area (Å²) in [6, 6.07) is 12.2. The molecule has 0 bridgehead atoms. The van der Waals surface area contributed by atoms with Crippen molar-refractivity contribution in [2.45, 2.75) is 36.3 Å². The Bertz CT molecular complexity index is 1120. The van der Waals surface area contributed by atoms with Crippen LogP contribution in [-0.2, 0) is 15.8 Å². The van der Waals surface area contributed by atoms with Gasteiger partial charge in [0.1, 0.15) is 0 Å². The second-order valence-electron chi connectivity index (χ2n) is 6.81. The number of benzene rings is 2. The van der Waals surface area contributed by atoms with E-state index in [-0.39, 0.29) is 10.8 Å². The highest BCUT2D eigenvalue weighted by molar-refractivity contribution is 7.98. The summed E-state index contributed by atoms with van der Waals surface area (Å²) in [6.07, 6.45) is 0. The molecule has 0 spiro atoms. The number of sulfonamides is 1. The van der Waals surface area contributed by atoms with Crippen molar-refractivity contribution in [3.05, 3.63) is 70.2 Å². The fourth-order valence-electron chi connectivity index (χ4n) is 2.97. The standard InChI is InChI=1S/C22H25N3O3S3/c1-4-25(5-2)31(27,28)20-11-6-16(3)21(12-20)24-22(26)17-7-9-19(10-8-17)30-14-18-13-29-15-23-18/h6-13,15H,4-5,14H2,1-3H3,(H,24,26). The molecule has 0 aliphatic heterocycles. The topological polar surface area (TPSA) is 79.4 Å². The van der Waals surface area contributed by atoms with Crippen LogP contribution in [0.2, 0.25) is 0 Å². The number of rotatable bonds is 9. The van der Waals surface area contributed by atoms with E-state index in [2.05, 4.69) is 10.3 Å². The minimum atomic E-state index is -3.60. The molecule has 1 amide bonds. The molecule has 0 unspecified atom stereocenters. The van der Waals surface area contributed by atoms with Crippen molar-refractivity contribution in [1.82, 2.24) is 9.29 Å². The molecule has 6 nitrogen and oxygen atoms in total. The monoisotopic (exact) mass is 475 g/mol. The molecule has 0 saturated heterocycles. The lowest BCUT2D eigenvalue weighted by Crippen LogP contribution is -2.30. The first-order valence-electron chi connectivity index (χ1n) is 9.87. The maximum Gasteiger partial charge on any atom is 0.255 e. The van der Waals surface area contributed by atoms with Crippen LogP contribution in [0, 0.1) is 6.92 Å². The molecule has 2 aromatic carbocycles. The average Bonchev–Trinajstić information content (AvgIpc) is 3.28. The van der Waals surface area contributed by atoms with Crippen molar-refractivity contribution in [2.24, 2.45) is 0 Å². The molecule has 0 aliphatic carbocycles. The minimum absolute atomic E-state index is 0.172. The quantitative estimate of drug-likeness (QED) is 0.439. The Balaban J connectivity index is 1.72. The Hall–Kier alpha value is -2.20. The third kappa shape index (κ3) is 5.74. The van der Waals surface area contributed by atoms with Gasteiger partial charge in [-0.3, -0.25) is 4.79 Å². The fourth-order valence-corrected chi connectivity index (χ4v) is 5.92. The lowest BCUT2D eigenvalue weighted by Gasteiger charge is -2.19. The van der Waals surface area contributed by atoms with Crippen molar-refractivity contribution in [3.8, 4) is 0 Å². The number of thiazole rings is 1. The van der Waals surface area contributed by atoms with Crippen LogP contribution in [0.25, 0.3) is 0 Å². The predicted octanol–water partition coefficient (Wildman–Crippen LogP) is 5.03. The summed E-state index contributed by atoms with van der Waals surface area (Å²) < 4.78 is 27.0. The number of nitrogens with zero attached hydrogens (tertiary/aromatic N) is 2. The van der Waals surface area contributed by atoms with Crippen LogP contribution in [-0.4, -0.2) is 36.7 Å². The molecule has 0 aliphatic rings. The molecule has 3 aromatic rings. The lowest BCUT2D eigenvalue weighted by molar-refractivity contribution is 0.102. The molecular weight excluding hydrogens is 450 g/mol. The van der Waals surface area contributed by atoms with E-state index < -0.39 is 10.0 Å². The third-order valence-corrected chi connectivity index (χ3v) is 8.51. The number of carbonyl (C=O) groups is 1. The van der Waals surface area contributed by atoms with E-state index in [1.165, 1.54) is 10.4 Å². The summed E-state index contributed by atoms with van der Waals surface area (Å²) in [4.78, 5) is 18.2. The number of hydrogen-bond acceptors (Lipinski definition) is 6. The van der Waals surface area contributed by atoms with Gasteiger partial charge in [0.05, 0.1) is 16.1 Å². The van der Waals surface area contributed by atoms with E-state index in [1.54, 1.807) is 61.2 Å². The molecule has 0 saturated carbocycles. The van der Waals surface area contributed by atoms with Gasteiger partial charge in [0.25, 0.3) is 5.91 Å². The number of carbonyl (C=O) groups excluding carboxylic acids is 1. The first-order valence-corrected chi connectivity index (χ1v) is 13.2. The van der Waals surface area contributed by atoms with E-state index in [1.807, 2.05) is 29.9 Å². The van der Waals surface area contributed by atoms with Gasteiger partial charge >= 0.3 is 0 Å². The number of hydrogen-bond donors (Lipinski definition) is 1. The molecule has 3 rings (SSSR count). The fraction of sp³-hybridized carbons (Fsp3) is 0.273. The molecular formula is C22H25N3O3S3. The molecule has 1 N–H and O–H groups in total. The Morgan fingerprint density at radius 3 is 2.45 bits per heavy atom. The largest absolute Gasteiger partial charge is 0.322 e. The Morgan fingerprint density at radius 2 is 1.84 bits per heavy atom. The molecule has 0 radical (unpaired) electrons. The summed E-state index contributed by atoms with van der Waals surface area (Å²) >= 11 is 3.23. The molecule has 1 aromatic heterocycles. The molecule has 1 heterocycles. The Labute approximate surface area is 191 Å². The van der Waals surface area contributed by atoms with Crippen LogP contribution >= 0.6 is 23.1 Å². The molecule has 0 fully saturated rings. The van der Waals surface area contributed by atoms with Crippen molar-refractivity contribution in [1.29, 1.82) is 0 Å². The number of nitrogens with one attached hydrogen (secondary N) is 1. The van der Waals surface area contributed by atoms with Crippen LogP contribution in [0.5, 0.6) is 0 Å². The highest BCUT2D eigenvalue weighted by atomic mass is 32.2. The third-order valence-electron chi connectivity index (χ3n) is 4.79. The first kappa shape index (κ1) is 23.5. The Morgan fingerprint density at radius 1 is 1.13 bits per heavy atom. The number of amides is 1. The summed E-state index contributed by atoms with van der Waals surface area (Å²) in [7, 11) is -3.60. The number of aromatic nitrogens is 1. The number of thioether (sulfide) groups is 1. The van der Waals surface area contributed by atoms with Gasteiger partial charge in [-0.1, -0.05) is 19.9 Å². The summed E-state index contributed by atoms with van der Waals surface area (Å²) in [5.41, 5.74) is 4.64. The molecule has 31 heavy (non-hydrogen) atoms. The van der Waals surface area contributed by atoms with Crippen LogP contribution in [0.3, 0.4) is 0 Å². The van der Waals surface area contributed by atoms with E-state index in [4.69, 9.17) is 0 Å². The zero-order valence-electron chi connectivity index (χ0n) is 17.7. The maximum absolute atomic E-state index is 12.8. The highest BCUT2D eigenvalue weighted by Gasteiger charge is 2.22.